The Morgan fingerprint density at radius 3 is 0.756 bits per heavy atom. The van der Waals surface area contributed by atoms with Gasteiger partial charge in [-0.1, -0.05) is 311 Å². The summed E-state index contributed by atoms with van der Waals surface area (Å²) in [6.45, 7) is 6.56. The minimum Gasteiger partial charge on any atom is -0.462 e. The summed E-state index contributed by atoms with van der Waals surface area (Å²) in [6.07, 6.45) is 93.2. The smallest absolute Gasteiger partial charge is 0.306 e. The second-order valence-electron chi connectivity index (χ2n) is 23.8. The van der Waals surface area contributed by atoms with Gasteiger partial charge in [-0.15, -0.1) is 0 Å². The normalized spacial score (nSPS) is 12.6. The highest BCUT2D eigenvalue weighted by Crippen LogP contribution is 2.17. The SMILES string of the molecule is CC/C=C\C/C=C\C/C=C\C/C=C\C/C=C\CCCCCCCCCCCCCCCCCC(=O)OCC(COC(=O)CCCCCCC/C=C\CCCCCCCCC)OC(=O)CCCCCCCCC/C=C\CCCCCCCC. The number of carbonyl (C=O) groups is 3. The molecule has 0 N–H and O–H groups in total. The molecule has 0 saturated heterocycles. The lowest BCUT2D eigenvalue weighted by Crippen LogP contribution is -2.30. The van der Waals surface area contributed by atoms with Crippen LogP contribution in [0.4, 0.5) is 0 Å². The summed E-state index contributed by atoms with van der Waals surface area (Å²) in [5, 5.41) is 0. The van der Waals surface area contributed by atoms with E-state index in [1.165, 1.54) is 225 Å². The van der Waals surface area contributed by atoms with Crippen molar-refractivity contribution in [2.24, 2.45) is 0 Å². The van der Waals surface area contributed by atoms with Crippen molar-refractivity contribution in [3.05, 3.63) is 85.1 Å². The van der Waals surface area contributed by atoms with Crippen LogP contribution in [0.1, 0.15) is 361 Å². The Kier molecular flexibility index (Phi) is 67.2. The number of esters is 3. The molecule has 0 bridgehead atoms. The lowest BCUT2D eigenvalue weighted by atomic mass is 10.0. The lowest BCUT2D eigenvalue weighted by Gasteiger charge is -2.18. The van der Waals surface area contributed by atoms with Gasteiger partial charge in [0, 0.05) is 19.3 Å². The molecule has 1 atom stereocenters. The van der Waals surface area contributed by atoms with E-state index >= 15 is 0 Å². The van der Waals surface area contributed by atoms with Gasteiger partial charge in [0.2, 0.25) is 0 Å². The van der Waals surface area contributed by atoms with E-state index in [1.807, 2.05) is 0 Å². The third-order valence-electron chi connectivity index (χ3n) is 15.6. The summed E-state index contributed by atoms with van der Waals surface area (Å²) in [5.41, 5.74) is 0. The molecule has 0 aromatic heterocycles. The van der Waals surface area contributed by atoms with Gasteiger partial charge in [-0.2, -0.15) is 0 Å². The van der Waals surface area contributed by atoms with Crippen LogP contribution in [0.15, 0.2) is 85.1 Å². The Bertz CT molecular complexity index is 1550. The standard InChI is InChI=1S/C76H134O6/c1-4-7-10-13-16-19-22-25-28-31-32-33-34-35-36-37-38-39-40-41-42-43-44-46-48-51-54-57-60-63-66-69-75(78)81-72-73(71-80-74(77)68-65-62-59-56-53-50-47-30-27-24-21-18-15-12-9-6-3)82-76(79)70-67-64-61-58-55-52-49-45-29-26-23-20-17-14-11-8-5-2/h7,10,16,19,25-26,28-30,32-33,35-36,47,73H,4-6,8-9,11-15,17-18,20-24,27,31,34,37-46,48-72H2,1-3H3/b10-7-,19-16-,28-25-,29-26-,33-32-,36-35-,47-30-. The van der Waals surface area contributed by atoms with Crippen molar-refractivity contribution in [1.29, 1.82) is 0 Å². The van der Waals surface area contributed by atoms with Crippen molar-refractivity contribution in [1.82, 2.24) is 0 Å². The van der Waals surface area contributed by atoms with Gasteiger partial charge in [0.1, 0.15) is 13.2 Å². The van der Waals surface area contributed by atoms with E-state index in [0.717, 1.165) is 96.3 Å². The summed E-state index contributed by atoms with van der Waals surface area (Å²) in [4.78, 5) is 38.4. The first-order valence-electron chi connectivity index (χ1n) is 35.6. The highest BCUT2D eigenvalue weighted by molar-refractivity contribution is 5.71. The highest BCUT2D eigenvalue weighted by atomic mass is 16.6. The first-order valence-corrected chi connectivity index (χ1v) is 35.6. The zero-order chi connectivity index (χ0) is 59.2. The number of hydrogen-bond donors (Lipinski definition) is 0. The van der Waals surface area contributed by atoms with Crippen LogP contribution in [0.5, 0.6) is 0 Å². The first-order chi connectivity index (χ1) is 40.5. The van der Waals surface area contributed by atoms with E-state index in [-0.39, 0.29) is 31.1 Å². The van der Waals surface area contributed by atoms with Gasteiger partial charge >= 0.3 is 17.9 Å². The lowest BCUT2D eigenvalue weighted by molar-refractivity contribution is -0.167. The molecule has 474 valence electrons. The minimum absolute atomic E-state index is 0.0774. The summed E-state index contributed by atoms with van der Waals surface area (Å²) in [5.74, 6) is -0.871. The first kappa shape index (κ1) is 78.6. The molecule has 6 nitrogen and oxygen atoms in total. The minimum atomic E-state index is -0.782. The maximum atomic E-state index is 12.9. The van der Waals surface area contributed by atoms with Gasteiger partial charge in [-0.05, 0) is 116 Å². The molecule has 0 heterocycles. The van der Waals surface area contributed by atoms with Crippen LogP contribution >= 0.6 is 0 Å². The Morgan fingerprint density at radius 2 is 0.476 bits per heavy atom. The molecule has 0 aliphatic heterocycles. The van der Waals surface area contributed by atoms with E-state index in [0.29, 0.717) is 19.3 Å². The van der Waals surface area contributed by atoms with Crippen LogP contribution in [-0.2, 0) is 28.6 Å². The third kappa shape index (κ3) is 67.4. The zero-order valence-electron chi connectivity index (χ0n) is 54.5. The van der Waals surface area contributed by atoms with Crippen LogP contribution in [0.3, 0.4) is 0 Å². The van der Waals surface area contributed by atoms with Crippen molar-refractivity contribution >= 4 is 17.9 Å². The molecule has 0 saturated carbocycles. The topological polar surface area (TPSA) is 78.9 Å². The maximum Gasteiger partial charge on any atom is 0.306 e. The number of unbranched alkanes of at least 4 members (excludes halogenated alkanes) is 40. The van der Waals surface area contributed by atoms with E-state index in [4.69, 9.17) is 14.2 Å². The number of hydrogen-bond acceptors (Lipinski definition) is 6. The monoisotopic (exact) mass is 1140 g/mol. The number of allylic oxidation sites excluding steroid dienone is 14. The maximum absolute atomic E-state index is 12.9. The Hall–Kier alpha value is -3.41. The highest BCUT2D eigenvalue weighted by Gasteiger charge is 2.19. The molecule has 82 heavy (non-hydrogen) atoms. The summed E-state index contributed by atoms with van der Waals surface area (Å²) in [6, 6.07) is 0. The fourth-order valence-corrected chi connectivity index (χ4v) is 10.3. The van der Waals surface area contributed by atoms with Gasteiger partial charge in [0.25, 0.3) is 0 Å². The number of ether oxygens (including phenoxy) is 3. The molecule has 0 aliphatic rings. The van der Waals surface area contributed by atoms with E-state index in [1.54, 1.807) is 0 Å². The Balaban J connectivity index is 4.25. The molecule has 0 aromatic carbocycles. The van der Waals surface area contributed by atoms with Gasteiger partial charge < -0.3 is 14.2 Å². The fourth-order valence-electron chi connectivity index (χ4n) is 10.3. The van der Waals surface area contributed by atoms with Crippen molar-refractivity contribution in [3.63, 3.8) is 0 Å². The second-order valence-corrected chi connectivity index (χ2v) is 23.8. The van der Waals surface area contributed by atoms with Gasteiger partial charge in [-0.3, -0.25) is 14.4 Å². The fraction of sp³-hybridized carbons (Fsp3) is 0.776. The Labute approximate surface area is 509 Å². The average Bonchev–Trinajstić information content (AvgIpc) is 3.48. The number of carbonyl (C=O) groups excluding carboxylic acids is 3. The van der Waals surface area contributed by atoms with Crippen LogP contribution in [0.2, 0.25) is 0 Å². The molecule has 0 radical (unpaired) electrons. The van der Waals surface area contributed by atoms with Crippen molar-refractivity contribution in [2.75, 3.05) is 13.2 Å². The number of rotatable bonds is 65. The van der Waals surface area contributed by atoms with Crippen LogP contribution in [-0.4, -0.2) is 37.2 Å². The van der Waals surface area contributed by atoms with Crippen LogP contribution in [0, 0.1) is 0 Å². The van der Waals surface area contributed by atoms with E-state index in [2.05, 4.69) is 106 Å². The van der Waals surface area contributed by atoms with E-state index < -0.39 is 6.10 Å². The Morgan fingerprint density at radius 1 is 0.256 bits per heavy atom. The second kappa shape index (κ2) is 70.1. The molecule has 0 amide bonds. The molecular weight excluding hydrogens is 1010 g/mol. The van der Waals surface area contributed by atoms with Gasteiger partial charge in [-0.25, -0.2) is 0 Å². The zero-order valence-corrected chi connectivity index (χ0v) is 54.5. The molecule has 0 fully saturated rings. The predicted molar refractivity (Wildman–Crippen MR) is 358 cm³/mol. The van der Waals surface area contributed by atoms with Crippen LogP contribution in [0.25, 0.3) is 0 Å². The van der Waals surface area contributed by atoms with Crippen molar-refractivity contribution < 1.29 is 28.6 Å². The van der Waals surface area contributed by atoms with Crippen LogP contribution < -0.4 is 0 Å². The molecule has 0 aliphatic carbocycles. The summed E-state index contributed by atoms with van der Waals surface area (Å²) >= 11 is 0. The van der Waals surface area contributed by atoms with E-state index in [9.17, 15) is 14.4 Å². The summed E-state index contributed by atoms with van der Waals surface area (Å²) in [7, 11) is 0. The van der Waals surface area contributed by atoms with Crippen molar-refractivity contribution in [3.8, 4) is 0 Å². The quantitative estimate of drug-likeness (QED) is 0.0261. The molecule has 0 spiro atoms. The average molecular weight is 1140 g/mol. The van der Waals surface area contributed by atoms with Gasteiger partial charge in [0.05, 0.1) is 0 Å². The summed E-state index contributed by atoms with van der Waals surface area (Å²) < 4.78 is 17.0. The van der Waals surface area contributed by atoms with Gasteiger partial charge in [0.15, 0.2) is 6.10 Å². The molecule has 6 heteroatoms. The third-order valence-corrected chi connectivity index (χ3v) is 15.6. The predicted octanol–water partition coefficient (Wildman–Crippen LogP) is 24.6. The molecular formula is C76H134O6. The molecule has 1 unspecified atom stereocenters. The largest absolute Gasteiger partial charge is 0.462 e. The van der Waals surface area contributed by atoms with Crippen molar-refractivity contribution in [2.45, 2.75) is 367 Å². The molecule has 0 aromatic rings. The molecule has 0 rings (SSSR count).